The number of benzene rings is 2. The van der Waals surface area contributed by atoms with Gasteiger partial charge >= 0.3 is 0 Å². The van der Waals surface area contributed by atoms with Crippen LogP contribution < -0.4 is 5.32 Å². The summed E-state index contributed by atoms with van der Waals surface area (Å²) in [5, 5.41) is 18.1. The third-order valence-electron chi connectivity index (χ3n) is 7.39. The minimum atomic E-state index is -1.47. The Kier molecular flexibility index (Phi) is 4.82. The van der Waals surface area contributed by atoms with E-state index in [4.69, 9.17) is 0 Å². The van der Waals surface area contributed by atoms with Crippen molar-refractivity contribution < 1.29 is 9.72 Å². The van der Waals surface area contributed by atoms with Gasteiger partial charge in [-0.2, -0.15) is 0 Å². The number of anilines is 1. The molecule has 4 aromatic rings. The summed E-state index contributed by atoms with van der Waals surface area (Å²) in [5.74, 6) is -0.541. The monoisotopic (exact) mass is 482 g/mol. The SMILES string of the molecule is CC1(C(=O)Nc2nc(Cc3ccccn3)cs2)CC2([N+](=O)[O-])c3ccccc3C1c1ccccc12. The normalized spacial score (nSPS) is 23.9. The van der Waals surface area contributed by atoms with E-state index in [1.165, 1.54) is 11.3 Å². The van der Waals surface area contributed by atoms with E-state index in [1.54, 1.807) is 6.20 Å². The molecule has 0 aliphatic heterocycles. The first-order valence-electron chi connectivity index (χ1n) is 11.4. The molecule has 0 spiro atoms. The first kappa shape index (κ1) is 21.6. The van der Waals surface area contributed by atoms with Crippen LogP contribution in [-0.4, -0.2) is 20.8 Å². The molecule has 35 heavy (non-hydrogen) atoms. The van der Waals surface area contributed by atoms with Crippen LogP contribution in [0.25, 0.3) is 0 Å². The number of amides is 1. The summed E-state index contributed by atoms with van der Waals surface area (Å²) in [6, 6.07) is 20.7. The molecule has 1 N–H and O–H groups in total. The Balaban J connectivity index is 1.38. The van der Waals surface area contributed by atoms with Crippen molar-refractivity contribution in [2.75, 3.05) is 5.32 Å². The van der Waals surface area contributed by atoms with Crippen LogP contribution in [0, 0.1) is 15.5 Å². The second-order valence-corrected chi connectivity index (χ2v) is 10.3. The lowest BCUT2D eigenvalue weighted by Gasteiger charge is -2.52. The molecule has 1 unspecified atom stereocenters. The number of rotatable bonds is 5. The third kappa shape index (κ3) is 3.13. The van der Waals surface area contributed by atoms with Gasteiger partial charge < -0.3 is 5.32 Å². The molecule has 3 aliphatic carbocycles. The molecular weight excluding hydrogens is 460 g/mol. The van der Waals surface area contributed by atoms with Crippen LogP contribution in [0.3, 0.4) is 0 Å². The van der Waals surface area contributed by atoms with Gasteiger partial charge in [0.25, 0.3) is 5.54 Å². The molecule has 174 valence electrons. The van der Waals surface area contributed by atoms with E-state index < -0.39 is 11.0 Å². The highest BCUT2D eigenvalue weighted by Crippen LogP contribution is 2.64. The number of nitrogens with one attached hydrogen (secondary N) is 1. The Bertz CT molecular complexity index is 1420. The first-order chi connectivity index (χ1) is 16.9. The Labute approximate surface area is 206 Å². The van der Waals surface area contributed by atoms with Gasteiger partial charge in [-0.3, -0.25) is 19.9 Å². The number of carbonyl (C=O) groups excluding carboxylic acids is 1. The zero-order valence-corrected chi connectivity index (χ0v) is 19.8. The van der Waals surface area contributed by atoms with Crippen molar-refractivity contribution in [3.8, 4) is 0 Å². The fraction of sp³-hybridized carbons (Fsp3) is 0.222. The zero-order chi connectivity index (χ0) is 24.2. The van der Waals surface area contributed by atoms with Crippen LogP contribution in [0.15, 0.2) is 78.3 Å². The summed E-state index contributed by atoms with van der Waals surface area (Å²) < 4.78 is 0. The molecule has 1 amide bonds. The summed E-state index contributed by atoms with van der Waals surface area (Å²) in [6.45, 7) is 1.85. The van der Waals surface area contributed by atoms with Crippen molar-refractivity contribution in [2.45, 2.75) is 31.2 Å². The van der Waals surface area contributed by atoms with Crippen molar-refractivity contribution in [1.82, 2.24) is 9.97 Å². The number of hydrogen-bond acceptors (Lipinski definition) is 6. The van der Waals surface area contributed by atoms with E-state index in [2.05, 4.69) is 15.3 Å². The average molecular weight is 483 g/mol. The van der Waals surface area contributed by atoms with Gasteiger partial charge in [0.1, 0.15) is 0 Å². The summed E-state index contributed by atoms with van der Waals surface area (Å²) in [5.41, 5.74) is 2.29. The summed E-state index contributed by atoms with van der Waals surface area (Å²) in [7, 11) is 0. The number of aromatic nitrogens is 2. The van der Waals surface area contributed by atoms with Crippen LogP contribution in [0.5, 0.6) is 0 Å². The molecule has 7 rings (SSSR count). The molecular formula is C27H22N4O3S. The van der Waals surface area contributed by atoms with Gasteiger partial charge in [-0.15, -0.1) is 11.3 Å². The molecule has 2 aromatic carbocycles. The molecule has 8 heteroatoms. The van der Waals surface area contributed by atoms with Crippen LogP contribution >= 0.6 is 11.3 Å². The maximum atomic E-state index is 13.9. The van der Waals surface area contributed by atoms with Crippen molar-refractivity contribution in [1.29, 1.82) is 0 Å². The number of thiazole rings is 1. The van der Waals surface area contributed by atoms with E-state index in [0.717, 1.165) is 22.5 Å². The van der Waals surface area contributed by atoms with Crippen molar-refractivity contribution in [2.24, 2.45) is 5.41 Å². The number of hydrogen-bond donors (Lipinski definition) is 1. The highest BCUT2D eigenvalue weighted by Gasteiger charge is 2.67. The number of nitro groups is 1. The second kappa shape index (κ2) is 7.81. The lowest BCUT2D eigenvalue weighted by atomic mass is 9.49. The van der Waals surface area contributed by atoms with Crippen molar-refractivity contribution >= 4 is 22.4 Å². The van der Waals surface area contributed by atoms with Gasteiger partial charge in [-0.05, 0) is 30.2 Å². The Morgan fingerprint density at radius 3 is 2.34 bits per heavy atom. The number of fused-ring (bicyclic) bond motifs is 1. The molecule has 1 atom stereocenters. The maximum absolute atomic E-state index is 13.9. The highest BCUT2D eigenvalue weighted by atomic mass is 32.1. The first-order valence-corrected chi connectivity index (χ1v) is 12.3. The topological polar surface area (TPSA) is 98.0 Å². The third-order valence-corrected chi connectivity index (χ3v) is 8.19. The molecule has 0 radical (unpaired) electrons. The number of pyridine rings is 1. The van der Waals surface area contributed by atoms with Gasteiger partial charge in [-0.25, -0.2) is 4.98 Å². The fourth-order valence-corrected chi connectivity index (χ4v) is 6.63. The van der Waals surface area contributed by atoms with E-state index in [0.29, 0.717) is 22.7 Å². The van der Waals surface area contributed by atoms with Crippen LogP contribution in [0.1, 0.15) is 52.9 Å². The number of nitrogens with zero attached hydrogens (tertiary/aromatic N) is 3. The predicted molar refractivity (Wildman–Crippen MR) is 133 cm³/mol. The molecule has 3 aliphatic rings. The molecule has 0 fully saturated rings. The van der Waals surface area contributed by atoms with Crippen molar-refractivity contribution in [3.05, 3.63) is 122 Å². The predicted octanol–water partition coefficient (Wildman–Crippen LogP) is 5.14. The molecule has 2 heterocycles. The van der Waals surface area contributed by atoms with Gasteiger partial charge in [0.2, 0.25) is 5.91 Å². The minimum Gasteiger partial charge on any atom is -0.301 e. The van der Waals surface area contributed by atoms with E-state index in [-0.39, 0.29) is 23.2 Å². The fourth-order valence-electron chi connectivity index (χ4n) is 5.92. The zero-order valence-electron chi connectivity index (χ0n) is 19.0. The van der Waals surface area contributed by atoms with Gasteiger partial charge in [0.05, 0.1) is 11.1 Å². The molecule has 2 bridgehead atoms. The lowest BCUT2D eigenvalue weighted by molar-refractivity contribution is -0.573. The van der Waals surface area contributed by atoms with E-state index in [9.17, 15) is 14.9 Å². The van der Waals surface area contributed by atoms with E-state index in [1.807, 2.05) is 79.0 Å². The second-order valence-electron chi connectivity index (χ2n) is 9.42. The van der Waals surface area contributed by atoms with Crippen LogP contribution in [0.2, 0.25) is 0 Å². The summed E-state index contributed by atoms with van der Waals surface area (Å²) >= 11 is 1.35. The van der Waals surface area contributed by atoms with Gasteiger partial charge in [0, 0.05) is 52.1 Å². The van der Waals surface area contributed by atoms with Crippen molar-refractivity contribution in [3.63, 3.8) is 0 Å². The van der Waals surface area contributed by atoms with Gasteiger partial charge in [-0.1, -0.05) is 54.6 Å². The standard InChI is InChI=1S/C27H22N4O3S/c1-26(24(32)30-25-29-18(15-35-25)14-17-8-6-7-13-28-17)16-27(31(33)34)21-11-4-2-9-19(21)23(26)20-10-3-5-12-22(20)27/h2-13,15,23H,14,16H2,1H3,(H,29,30,32). The highest BCUT2D eigenvalue weighted by molar-refractivity contribution is 7.13. The Morgan fingerprint density at radius 2 is 1.71 bits per heavy atom. The smallest absolute Gasteiger partial charge is 0.273 e. The van der Waals surface area contributed by atoms with Crippen LogP contribution in [0.4, 0.5) is 5.13 Å². The quantitative estimate of drug-likeness (QED) is 0.314. The average Bonchev–Trinajstić information content (AvgIpc) is 3.31. The Morgan fingerprint density at radius 1 is 1.06 bits per heavy atom. The summed E-state index contributed by atoms with van der Waals surface area (Å²) in [4.78, 5) is 35.3. The maximum Gasteiger partial charge on any atom is 0.273 e. The molecule has 7 nitrogen and oxygen atoms in total. The van der Waals surface area contributed by atoms with E-state index >= 15 is 0 Å². The minimum absolute atomic E-state index is 0.0870. The van der Waals surface area contributed by atoms with Crippen LogP contribution in [-0.2, 0) is 16.8 Å². The summed E-state index contributed by atoms with van der Waals surface area (Å²) in [6.07, 6.45) is 2.39. The molecule has 2 aromatic heterocycles. The molecule has 0 saturated carbocycles. The Hall–Kier alpha value is -3.91. The largest absolute Gasteiger partial charge is 0.301 e. The number of carbonyl (C=O) groups is 1. The van der Waals surface area contributed by atoms with Gasteiger partial charge in [0.15, 0.2) is 5.13 Å². The molecule has 0 saturated heterocycles. The lowest BCUT2D eigenvalue weighted by Crippen LogP contribution is -2.57.